The van der Waals surface area contributed by atoms with Crippen LogP contribution >= 0.6 is 11.6 Å². The van der Waals surface area contributed by atoms with Crippen molar-refractivity contribution < 1.29 is 9.18 Å². The molecule has 0 aliphatic carbocycles. The number of carbonyl (C=O) groups is 1. The van der Waals surface area contributed by atoms with Crippen molar-refractivity contribution in [3.8, 4) is 0 Å². The molecule has 0 bridgehead atoms. The molecule has 0 atom stereocenters. The summed E-state index contributed by atoms with van der Waals surface area (Å²) in [5.74, 6) is -0.165. The fraction of sp³-hybridized carbons (Fsp3) is 0.278. The van der Waals surface area contributed by atoms with E-state index in [4.69, 9.17) is 11.6 Å². The zero-order chi connectivity index (χ0) is 18.7. The molecule has 0 spiro atoms. The molecule has 0 fully saturated rings. The minimum absolute atomic E-state index is 0.188. The highest BCUT2D eigenvalue weighted by atomic mass is 35.5. The number of nitrogens with one attached hydrogen (secondary N) is 1. The molecule has 6 nitrogen and oxygen atoms in total. The normalized spacial score (nSPS) is 10.9. The van der Waals surface area contributed by atoms with Gasteiger partial charge in [-0.05, 0) is 37.6 Å². The van der Waals surface area contributed by atoms with Crippen molar-refractivity contribution in [1.29, 1.82) is 0 Å². The van der Waals surface area contributed by atoms with Crippen LogP contribution in [-0.4, -0.2) is 25.5 Å². The molecule has 0 radical (unpaired) electrons. The fourth-order valence-corrected chi connectivity index (χ4v) is 2.84. The quantitative estimate of drug-likeness (QED) is 0.716. The van der Waals surface area contributed by atoms with Crippen molar-refractivity contribution in [1.82, 2.24) is 19.6 Å². The van der Waals surface area contributed by atoms with E-state index in [1.165, 1.54) is 12.1 Å². The van der Waals surface area contributed by atoms with Gasteiger partial charge >= 0.3 is 0 Å². The van der Waals surface area contributed by atoms with Crippen LogP contribution in [0.15, 0.2) is 36.5 Å². The van der Waals surface area contributed by atoms with Gasteiger partial charge in [0.05, 0.1) is 12.2 Å². The molecule has 3 aromatic rings. The lowest BCUT2D eigenvalue weighted by Gasteiger charge is -2.05. The van der Waals surface area contributed by atoms with Crippen LogP contribution in [0.2, 0.25) is 5.02 Å². The van der Waals surface area contributed by atoms with Crippen LogP contribution in [0.5, 0.6) is 0 Å². The monoisotopic (exact) mass is 375 g/mol. The lowest BCUT2D eigenvalue weighted by atomic mass is 10.2. The largest absolute Gasteiger partial charge is 0.308 e. The molecule has 0 aliphatic rings. The molecule has 26 heavy (non-hydrogen) atoms. The second kappa shape index (κ2) is 7.70. The Morgan fingerprint density at radius 2 is 1.96 bits per heavy atom. The Morgan fingerprint density at radius 1 is 1.23 bits per heavy atom. The van der Waals surface area contributed by atoms with Crippen LogP contribution in [0.25, 0.3) is 0 Å². The molecule has 1 N–H and O–H groups in total. The van der Waals surface area contributed by atoms with Crippen LogP contribution in [0, 0.1) is 19.7 Å². The Kier molecular flexibility index (Phi) is 5.37. The highest BCUT2D eigenvalue weighted by Crippen LogP contribution is 2.20. The first-order valence-electron chi connectivity index (χ1n) is 8.19. The molecule has 0 saturated heterocycles. The van der Waals surface area contributed by atoms with Crippen LogP contribution in [0.3, 0.4) is 0 Å². The van der Waals surface area contributed by atoms with Gasteiger partial charge < -0.3 is 5.32 Å². The number of anilines is 1. The van der Waals surface area contributed by atoms with Crippen molar-refractivity contribution in [3.05, 3.63) is 64.3 Å². The van der Waals surface area contributed by atoms with E-state index in [0.29, 0.717) is 23.9 Å². The summed E-state index contributed by atoms with van der Waals surface area (Å²) in [4.78, 5) is 12.2. The first kappa shape index (κ1) is 18.1. The number of hydrogen-bond donors (Lipinski definition) is 1. The van der Waals surface area contributed by atoms with Crippen molar-refractivity contribution in [2.45, 2.75) is 33.4 Å². The molecular formula is C18H19ClFN5O. The van der Waals surface area contributed by atoms with Gasteiger partial charge in [0.2, 0.25) is 5.91 Å². The van der Waals surface area contributed by atoms with E-state index in [1.54, 1.807) is 27.7 Å². The van der Waals surface area contributed by atoms with Crippen molar-refractivity contribution >= 4 is 23.3 Å². The van der Waals surface area contributed by atoms with Crippen molar-refractivity contribution in [2.75, 3.05) is 5.32 Å². The first-order chi connectivity index (χ1) is 12.4. The minimum atomic E-state index is -0.289. The Labute approximate surface area is 155 Å². The zero-order valence-electron chi connectivity index (χ0n) is 14.5. The third kappa shape index (κ3) is 4.49. The van der Waals surface area contributed by atoms with Crippen LogP contribution in [-0.2, 0) is 17.9 Å². The molecule has 0 saturated carbocycles. The van der Waals surface area contributed by atoms with E-state index in [-0.39, 0.29) is 18.1 Å². The van der Waals surface area contributed by atoms with Gasteiger partial charge in [0.25, 0.3) is 0 Å². The summed E-state index contributed by atoms with van der Waals surface area (Å²) in [6.07, 6.45) is 1.89. The van der Waals surface area contributed by atoms with Gasteiger partial charge in [-0.15, -0.1) is 0 Å². The third-order valence-electron chi connectivity index (χ3n) is 3.89. The molecule has 0 unspecified atom stereocenters. The Bertz CT molecular complexity index is 916. The average Bonchev–Trinajstić information content (AvgIpc) is 3.09. The minimum Gasteiger partial charge on any atom is -0.308 e. The molecule has 8 heteroatoms. The molecule has 2 aromatic heterocycles. The molecular weight excluding hydrogens is 357 g/mol. The van der Waals surface area contributed by atoms with E-state index in [9.17, 15) is 9.18 Å². The predicted octanol–water partition coefficient (Wildman–Crippen LogP) is 3.57. The highest BCUT2D eigenvalue weighted by molar-refractivity contribution is 6.33. The summed E-state index contributed by atoms with van der Waals surface area (Å²) >= 11 is 6.15. The molecule has 1 amide bonds. The van der Waals surface area contributed by atoms with Gasteiger partial charge in [0.15, 0.2) is 5.82 Å². The number of aromatic nitrogens is 4. The number of benzene rings is 1. The topological polar surface area (TPSA) is 64.7 Å². The highest BCUT2D eigenvalue weighted by Gasteiger charge is 2.12. The van der Waals surface area contributed by atoms with Gasteiger partial charge in [0, 0.05) is 24.9 Å². The summed E-state index contributed by atoms with van der Waals surface area (Å²) in [6.45, 7) is 4.78. The summed E-state index contributed by atoms with van der Waals surface area (Å²) in [5, 5.41) is 11.7. The average molecular weight is 376 g/mol. The summed E-state index contributed by atoms with van der Waals surface area (Å²) in [5.41, 5.74) is 2.82. The van der Waals surface area contributed by atoms with Gasteiger partial charge in [-0.3, -0.25) is 14.2 Å². The second-order valence-electron chi connectivity index (χ2n) is 6.10. The molecule has 3 rings (SSSR count). The lowest BCUT2D eigenvalue weighted by molar-refractivity contribution is -0.116. The van der Waals surface area contributed by atoms with E-state index >= 15 is 0 Å². The van der Waals surface area contributed by atoms with E-state index in [2.05, 4.69) is 15.5 Å². The number of carbonyl (C=O) groups excluding carboxylic acids is 1. The van der Waals surface area contributed by atoms with Crippen molar-refractivity contribution in [3.63, 3.8) is 0 Å². The van der Waals surface area contributed by atoms with Crippen molar-refractivity contribution in [2.24, 2.45) is 0 Å². The molecule has 2 heterocycles. The number of aryl methyl sites for hydroxylation is 3. The van der Waals surface area contributed by atoms with Gasteiger partial charge in [-0.25, -0.2) is 4.39 Å². The van der Waals surface area contributed by atoms with Crippen LogP contribution < -0.4 is 5.32 Å². The Hall–Kier alpha value is -2.67. The van der Waals surface area contributed by atoms with E-state index in [1.807, 2.05) is 19.9 Å². The third-order valence-corrected chi connectivity index (χ3v) is 4.16. The maximum atomic E-state index is 13.0. The summed E-state index contributed by atoms with van der Waals surface area (Å²) < 4.78 is 16.4. The van der Waals surface area contributed by atoms with Gasteiger partial charge in [-0.2, -0.15) is 10.2 Å². The first-order valence-corrected chi connectivity index (χ1v) is 8.57. The second-order valence-corrected chi connectivity index (χ2v) is 6.51. The smallest absolute Gasteiger partial charge is 0.227 e. The molecule has 136 valence electrons. The van der Waals surface area contributed by atoms with Gasteiger partial charge in [0.1, 0.15) is 10.8 Å². The number of amides is 1. The van der Waals surface area contributed by atoms with E-state index in [0.717, 1.165) is 17.0 Å². The standard InChI is InChI=1S/C18H19ClFN5O/c1-12-9-13(2)25(22-12)8-7-17(26)21-18-16(19)11-24(23-18)10-14-3-5-15(20)6-4-14/h3-6,9,11H,7-8,10H2,1-2H3,(H,21,23,26). The summed E-state index contributed by atoms with van der Waals surface area (Å²) in [6, 6.07) is 8.10. The maximum Gasteiger partial charge on any atom is 0.227 e. The predicted molar refractivity (Wildman–Crippen MR) is 97.7 cm³/mol. The summed E-state index contributed by atoms with van der Waals surface area (Å²) in [7, 11) is 0. The Morgan fingerprint density at radius 3 is 2.62 bits per heavy atom. The molecule has 0 aliphatic heterocycles. The maximum absolute atomic E-state index is 13.0. The SMILES string of the molecule is Cc1cc(C)n(CCC(=O)Nc2nn(Cc3ccc(F)cc3)cc2Cl)n1. The number of hydrogen-bond acceptors (Lipinski definition) is 3. The van der Waals surface area contributed by atoms with E-state index < -0.39 is 0 Å². The number of halogens is 2. The fourth-order valence-electron chi connectivity index (χ4n) is 2.64. The van der Waals surface area contributed by atoms with Gasteiger partial charge in [-0.1, -0.05) is 23.7 Å². The number of rotatable bonds is 6. The lowest BCUT2D eigenvalue weighted by Crippen LogP contribution is -2.16. The number of nitrogens with zero attached hydrogens (tertiary/aromatic N) is 4. The van der Waals surface area contributed by atoms with Crippen LogP contribution in [0.1, 0.15) is 23.4 Å². The Balaban J connectivity index is 1.59. The molecule has 1 aromatic carbocycles. The zero-order valence-corrected chi connectivity index (χ0v) is 15.3. The van der Waals surface area contributed by atoms with Crippen LogP contribution in [0.4, 0.5) is 10.2 Å².